The van der Waals surface area contributed by atoms with E-state index >= 15 is 0 Å². The van der Waals surface area contributed by atoms with Crippen LogP contribution in [-0.4, -0.2) is 42.4 Å². The third-order valence-corrected chi connectivity index (χ3v) is 3.02. The van der Waals surface area contributed by atoms with E-state index in [2.05, 4.69) is 0 Å². The highest BCUT2D eigenvalue weighted by molar-refractivity contribution is 5.18. The Morgan fingerprint density at radius 2 is 2.18 bits per heavy atom. The van der Waals surface area contributed by atoms with E-state index < -0.39 is 17.7 Å². The van der Waals surface area contributed by atoms with Crippen LogP contribution in [0.25, 0.3) is 0 Å². The zero-order valence-corrected chi connectivity index (χ0v) is 9.57. The minimum Gasteiger partial charge on any atom is -0.389 e. The first-order valence-corrected chi connectivity index (χ1v) is 5.48. The Morgan fingerprint density at radius 3 is 2.76 bits per heavy atom. The van der Waals surface area contributed by atoms with E-state index in [1.165, 1.54) is 12.1 Å². The molecule has 1 saturated heterocycles. The van der Waals surface area contributed by atoms with Crippen molar-refractivity contribution in [2.45, 2.75) is 18.7 Å². The molecule has 2 atom stereocenters. The molecule has 0 spiro atoms. The van der Waals surface area contributed by atoms with Crippen LogP contribution >= 0.6 is 0 Å². The molecule has 0 saturated carbocycles. The molecular weight excluding hydrogens is 228 g/mol. The molecule has 2 unspecified atom stereocenters. The van der Waals surface area contributed by atoms with Crippen LogP contribution in [0.4, 0.5) is 8.78 Å². The normalized spacial score (nSPS) is 24.5. The first-order chi connectivity index (χ1) is 8.08. The predicted molar refractivity (Wildman–Crippen MR) is 58.4 cm³/mol. The molecule has 1 fully saturated rings. The van der Waals surface area contributed by atoms with Gasteiger partial charge in [0, 0.05) is 18.2 Å². The quantitative estimate of drug-likeness (QED) is 0.864. The van der Waals surface area contributed by atoms with Crippen LogP contribution in [0.15, 0.2) is 18.2 Å². The Bertz CT molecular complexity index is 400. The van der Waals surface area contributed by atoms with Gasteiger partial charge in [0.15, 0.2) is 0 Å². The average Bonchev–Trinajstić information content (AvgIpc) is 2.68. The maximum Gasteiger partial charge on any atom is 0.130 e. The van der Waals surface area contributed by atoms with Crippen molar-refractivity contribution in [3.63, 3.8) is 0 Å². The Hall–Kier alpha value is -1.04. The summed E-state index contributed by atoms with van der Waals surface area (Å²) in [4.78, 5) is 1.81. The van der Waals surface area contributed by atoms with E-state index in [0.717, 1.165) is 6.07 Å². The molecule has 1 heterocycles. The lowest BCUT2D eigenvalue weighted by atomic mass is 10.1. The third-order valence-electron chi connectivity index (χ3n) is 3.02. The van der Waals surface area contributed by atoms with E-state index in [1.54, 1.807) is 7.05 Å². The summed E-state index contributed by atoms with van der Waals surface area (Å²) < 4.78 is 31.3. The number of benzene rings is 1. The molecule has 3 nitrogen and oxygen atoms in total. The first kappa shape index (κ1) is 12.4. The topological polar surface area (TPSA) is 32.7 Å². The van der Waals surface area contributed by atoms with Gasteiger partial charge < -0.3 is 9.84 Å². The van der Waals surface area contributed by atoms with Gasteiger partial charge in [0.05, 0.1) is 25.4 Å². The van der Waals surface area contributed by atoms with E-state index in [0.29, 0.717) is 25.3 Å². The number of aliphatic hydroxyl groups is 1. The lowest BCUT2D eigenvalue weighted by Crippen LogP contribution is -2.40. The fourth-order valence-electron chi connectivity index (χ4n) is 1.99. The molecule has 0 bridgehead atoms. The Kier molecular flexibility index (Phi) is 3.71. The lowest BCUT2D eigenvalue weighted by Gasteiger charge is -2.25. The number of aliphatic hydroxyl groups excluding tert-OH is 1. The minimum absolute atomic E-state index is 0.139. The summed E-state index contributed by atoms with van der Waals surface area (Å²) in [6, 6.07) is 3.38. The molecule has 1 aromatic carbocycles. The highest BCUT2D eigenvalue weighted by Gasteiger charge is 2.29. The van der Waals surface area contributed by atoms with Crippen LogP contribution in [0.3, 0.4) is 0 Å². The second kappa shape index (κ2) is 5.08. The van der Waals surface area contributed by atoms with Gasteiger partial charge in [0.25, 0.3) is 0 Å². The summed E-state index contributed by atoms with van der Waals surface area (Å²) >= 11 is 0. The smallest absolute Gasteiger partial charge is 0.130 e. The standard InChI is InChI=1S/C12H15F2NO2/c1-15(11-6-17-7-12(11)16)5-8-2-3-9(13)4-10(8)14/h2-4,11-12,16H,5-7H2,1H3. The highest BCUT2D eigenvalue weighted by Crippen LogP contribution is 2.17. The maximum atomic E-state index is 13.4. The molecule has 1 aromatic rings. The molecule has 0 aliphatic carbocycles. The van der Waals surface area contributed by atoms with Gasteiger partial charge >= 0.3 is 0 Å². The fraction of sp³-hybridized carbons (Fsp3) is 0.500. The van der Waals surface area contributed by atoms with Crippen molar-refractivity contribution in [2.75, 3.05) is 20.3 Å². The van der Waals surface area contributed by atoms with Gasteiger partial charge in [-0.25, -0.2) is 8.78 Å². The average molecular weight is 243 g/mol. The van der Waals surface area contributed by atoms with Crippen molar-refractivity contribution >= 4 is 0 Å². The molecule has 1 N–H and O–H groups in total. The van der Waals surface area contributed by atoms with E-state index in [4.69, 9.17) is 4.74 Å². The van der Waals surface area contributed by atoms with Crippen molar-refractivity contribution in [2.24, 2.45) is 0 Å². The highest BCUT2D eigenvalue weighted by atomic mass is 19.1. The van der Waals surface area contributed by atoms with Crippen LogP contribution in [0.5, 0.6) is 0 Å². The molecule has 0 radical (unpaired) electrons. The molecule has 5 heteroatoms. The second-order valence-electron chi connectivity index (χ2n) is 4.32. The molecule has 94 valence electrons. The van der Waals surface area contributed by atoms with Crippen molar-refractivity contribution in [3.05, 3.63) is 35.4 Å². The second-order valence-corrected chi connectivity index (χ2v) is 4.32. The van der Waals surface area contributed by atoms with Gasteiger partial charge in [-0.1, -0.05) is 6.07 Å². The fourth-order valence-corrected chi connectivity index (χ4v) is 1.99. The molecule has 17 heavy (non-hydrogen) atoms. The number of hydrogen-bond donors (Lipinski definition) is 1. The van der Waals surface area contributed by atoms with E-state index in [9.17, 15) is 13.9 Å². The number of nitrogens with zero attached hydrogens (tertiary/aromatic N) is 1. The summed E-state index contributed by atoms with van der Waals surface area (Å²) in [5, 5.41) is 9.63. The first-order valence-electron chi connectivity index (χ1n) is 5.48. The van der Waals surface area contributed by atoms with Crippen LogP contribution in [0, 0.1) is 11.6 Å². The zero-order chi connectivity index (χ0) is 12.4. The molecule has 1 aliphatic rings. The summed E-state index contributed by atoms with van der Waals surface area (Å²) in [5.74, 6) is -1.15. The van der Waals surface area contributed by atoms with Gasteiger partial charge in [-0.05, 0) is 13.1 Å². The molecule has 1 aliphatic heterocycles. The van der Waals surface area contributed by atoms with Crippen LogP contribution < -0.4 is 0 Å². The summed E-state index contributed by atoms with van der Waals surface area (Å²) in [5.41, 5.74) is 0.410. The largest absolute Gasteiger partial charge is 0.389 e. The molecular formula is C12H15F2NO2. The van der Waals surface area contributed by atoms with Crippen molar-refractivity contribution < 1.29 is 18.6 Å². The van der Waals surface area contributed by atoms with Crippen molar-refractivity contribution in [3.8, 4) is 0 Å². The van der Waals surface area contributed by atoms with Gasteiger partial charge in [-0.15, -0.1) is 0 Å². The molecule has 0 amide bonds. The van der Waals surface area contributed by atoms with Crippen LogP contribution in [0.2, 0.25) is 0 Å². The van der Waals surface area contributed by atoms with Gasteiger partial charge in [0.2, 0.25) is 0 Å². The predicted octanol–water partition coefficient (Wildman–Crippen LogP) is 1.16. The number of ether oxygens (including phenoxy) is 1. The lowest BCUT2D eigenvalue weighted by molar-refractivity contribution is 0.0920. The maximum absolute atomic E-state index is 13.4. The zero-order valence-electron chi connectivity index (χ0n) is 9.57. The SMILES string of the molecule is CN(Cc1ccc(F)cc1F)C1COCC1O. The molecule has 2 rings (SSSR count). The monoisotopic (exact) mass is 243 g/mol. The number of rotatable bonds is 3. The Morgan fingerprint density at radius 1 is 1.41 bits per heavy atom. The van der Waals surface area contributed by atoms with Gasteiger partial charge in [-0.3, -0.25) is 4.90 Å². The van der Waals surface area contributed by atoms with Crippen LogP contribution in [0.1, 0.15) is 5.56 Å². The Balaban J connectivity index is 2.04. The van der Waals surface area contributed by atoms with Crippen molar-refractivity contribution in [1.29, 1.82) is 0 Å². The van der Waals surface area contributed by atoms with Crippen molar-refractivity contribution in [1.82, 2.24) is 4.90 Å². The summed E-state index contributed by atoms with van der Waals surface area (Å²) in [6.07, 6.45) is -0.552. The Labute approximate surface area is 98.6 Å². The number of halogens is 2. The van der Waals surface area contributed by atoms with Gasteiger partial charge in [0.1, 0.15) is 11.6 Å². The third kappa shape index (κ3) is 2.80. The summed E-state index contributed by atoms with van der Waals surface area (Å²) in [6.45, 7) is 1.05. The van der Waals surface area contributed by atoms with E-state index in [-0.39, 0.29) is 6.04 Å². The number of likely N-dealkylation sites (N-methyl/N-ethyl adjacent to an activating group) is 1. The summed E-state index contributed by atoms with van der Waals surface area (Å²) in [7, 11) is 1.78. The minimum atomic E-state index is -0.585. The number of hydrogen-bond acceptors (Lipinski definition) is 3. The van der Waals surface area contributed by atoms with Gasteiger partial charge in [-0.2, -0.15) is 0 Å². The molecule has 0 aromatic heterocycles. The van der Waals surface area contributed by atoms with E-state index in [1.807, 2.05) is 4.90 Å². The van der Waals surface area contributed by atoms with Crippen LogP contribution in [-0.2, 0) is 11.3 Å².